The SMILES string of the molecule is CCCOC1(CC)CCCCN1. The maximum atomic E-state index is 5.86. The highest BCUT2D eigenvalue weighted by atomic mass is 16.5. The van der Waals surface area contributed by atoms with E-state index in [0.29, 0.717) is 0 Å². The van der Waals surface area contributed by atoms with E-state index in [0.717, 1.165) is 26.0 Å². The van der Waals surface area contributed by atoms with Crippen molar-refractivity contribution >= 4 is 0 Å². The minimum atomic E-state index is 0.0221. The Kier molecular flexibility index (Phi) is 4.02. The molecule has 0 aliphatic carbocycles. The molecule has 1 aliphatic rings. The first kappa shape index (κ1) is 10.0. The van der Waals surface area contributed by atoms with Crippen molar-refractivity contribution < 1.29 is 4.74 Å². The molecule has 1 rings (SSSR count). The summed E-state index contributed by atoms with van der Waals surface area (Å²) in [4.78, 5) is 0. The number of nitrogens with one attached hydrogen (secondary N) is 1. The number of rotatable bonds is 4. The van der Waals surface area contributed by atoms with Crippen molar-refractivity contribution in [3.05, 3.63) is 0 Å². The molecule has 1 aliphatic heterocycles. The fourth-order valence-corrected chi connectivity index (χ4v) is 1.76. The second kappa shape index (κ2) is 4.83. The Hall–Kier alpha value is -0.0800. The van der Waals surface area contributed by atoms with E-state index in [1.165, 1.54) is 19.3 Å². The second-order valence-electron chi connectivity index (χ2n) is 3.58. The van der Waals surface area contributed by atoms with Gasteiger partial charge < -0.3 is 4.74 Å². The zero-order valence-electron chi connectivity index (χ0n) is 8.36. The molecule has 0 radical (unpaired) electrons. The normalized spacial score (nSPS) is 30.5. The molecule has 72 valence electrons. The second-order valence-corrected chi connectivity index (χ2v) is 3.58. The van der Waals surface area contributed by atoms with E-state index in [4.69, 9.17) is 4.74 Å². The summed E-state index contributed by atoms with van der Waals surface area (Å²) in [5.74, 6) is 0. The monoisotopic (exact) mass is 171 g/mol. The highest BCUT2D eigenvalue weighted by Crippen LogP contribution is 2.23. The van der Waals surface area contributed by atoms with Gasteiger partial charge in [0.2, 0.25) is 0 Å². The van der Waals surface area contributed by atoms with Gasteiger partial charge in [-0.2, -0.15) is 0 Å². The van der Waals surface area contributed by atoms with Crippen molar-refractivity contribution in [2.24, 2.45) is 0 Å². The largest absolute Gasteiger partial charge is 0.361 e. The van der Waals surface area contributed by atoms with Crippen LogP contribution in [0.25, 0.3) is 0 Å². The van der Waals surface area contributed by atoms with E-state index in [1.54, 1.807) is 0 Å². The molecule has 12 heavy (non-hydrogen) atoms. The van der Waals surface area contributed by atoms with E-state index >= 15 is 0 Å². The van der Waals surface area contributed by atoms with Crippen LogP contribution in [0.2, 0.25) is 0 Å². The standard InChI is InChI=1S/C10H21NO/c1-3-9-12-10(4-2)7-5-6-8-11-10/h11H,3-9H2,1-2H3. The predicted octanol–water partition coefficient (Wildman–Crippen LogP) is 2.29. The minimum absolute atomic E-state index is 0.0221. The van der Waals surface area contributed by atoms with Gasteiger partial charge in [-0.15, -0.1) is 0 Å². The molecule has 2 heteroatoms. The lowest BCUT2D eigenvalue weighted by molar-refractivity contribution is -0.0899. The smallest absolute Gasteiger partial charge is 0.118 e. The van der Waals surface area contributed by atoms with Crippen molar-refractivity contribution in [1.82, 2.24) is 5.32 Å². The van der Waals surface area contributed by atoms with Crippen LogP contribution in [-0.4, -0.2) is 18.9 Å². The summed E-state index contributed by atoms with van der Waals surface area (Å²) in [7, 11) is 0. The lowest BCUT2D eigenvalue weighted by Gasteiger charge is -2.37. The van der Waals surface area contributed by atoms with Crippen molar-refractivity contribution in [3.8, 4) is 0 Å². The van der Waals surface area contributed by atoms with Gasteiger partial charge in [0.1, 0.15) is 5.72 Å². The summed E-state index contributed by atoms with van der Waals surface area (Å²) in [6, 6.07) is 0. The number of ether oxygens (including phenoxy) is 1. The van der Waals surface area contributed by atoms with E-state index in [-0.39, 0.29) is 5.72 Å². The molecule has 1 saturated heterocycles. The van der Waals surface area contributed by atoms with Crippen LogP contribution in [0.5, 0.6) is 0 Å². The van der Waals surface area contributed by atoms with Gasteiger partial charge in [-0.3, -0.25) is 5.32 Å². The molecular formula is C10H21NO. The lowest BCUT2D eigenvalue weighted by atomic mass is 9.98. The van der Waals surface area contributed by atoms with Gasteiger partial charge in [-0.25, -0.2) is 0 Å². The van der Waals surface area contributed by atoms with Crippen LogP contribution < -0.4 is 5.32 Å². The van der Waals surface area contributed by atoms with Gasteiger partial charge in [0.05, 0.1) is 0 Å². The Balaban J connectivity index is 2.37. The van der Waals surface area contributed by atoms with Crippen LogP contribution in [0.1, 0.15) is 46.0 Å². The van der Waals surface area contributed by atoms with Gasteiger partial charge >= 0.3 is 0 Å². The van der Waals surface area contributed by atoms with Gasteiger partial charge in [0.15, 0.2) is 0 Å². The van der Waals surface area contributed by atoms with Crippen LogP contribution in [-0.2, 0) is 4.74 Å². The number of hydrogen-bond donors (Lipinski definition) is 1. The Morgan fingerprint density at radius 1 is 1.33 bits per heavy atom. The Labute approximate surface area is 75.7 Å². The van der Waals surface area contributed by atoms with Crippen LogP contribution in [0.3, 0.4) is 0 Å². The molecular weight excluding hydrogens is 150 g/mol. The summed E-state index contributed by atoms with van der Waals surface area (Å²) in [6.45, 7) is 6.37. The zero-order chi connectivity index (χ0) is 8.86. The number of piperidine rings is 1. The fourth-order valence-electron chi connectivity index (χ4n) is 1.76. The average molecular weight is 171 g/mol. The summed E-state index contributed by atoms with van der Waals surface area (Å²) in [5, 5.41) is 3.49. The minimum Gasteiger partial charge on any atom is -0.361 e. The van der Waals surface area contributed by atoms with Crippen LogP contribution in [0.4, 0.5) is 0 Å². The van der Waals surface area contributed by atoms with Gasteiger partial charge in [-0.1, -0.05) is 13.8 Å². The Morgan fingerprint density at radius 2 is 2.17 bits per heavy atom. The van der Waals surface area contributed by atoms with Crippen molar-refractivity contribution in [3.63, 3.8) is 0 Å². The molecule has 0 bridgehead atoms. The molecule has 1 unspecified atom stereocenters. The van der Waals surface area contributed by atoms with E-state index in [2.05, 4.69) is 19.2 Å². The van der Waals surface area contributed by atoms with Gasteiger partial charge in [0.25, 0.3) is 0 Å². The maximum Gasteiger partial charge on any atom is 0.118 e. The fraction of sp³-hybridized carbons (Fsp3) is 1.00. The molecule has 0 spiro atoms. The lowest BCUT2D eigenvalue weighted by Crippen LogP contribution is -2.50. The van der Waals surface area contributed by atoms with Crippen LogP contribution in [0.15, 0.2) is 0 Å². The molecule has 1 N–H and O–H groups in total. The highest BCUT2D eigenvalue weighted by molar-refractivity contribution is 4.80. The first-order valence-corrected chi connectivity index (χ1v) is 5.22. The van der Waals surface area contributed by atoms with E-state index in [1.807, 2.05) is 0 Å². The average Bonchev–Trinajstić information content (AvgIpc) is 2.16. The highest BCUT2D eigenvalue weighted by Gasteiger charge is 2.29. The molecule has 2 nitrogen and oxygen atoms in total. The molecule has 1 atom stereocenters. The zero-order valence-corrected chi connectivity index (χ0v) is 8.36. The van der Waals surface area contributed by atoms with E-state index in [9.17, 15) is 0 Å². The van der Waals surface area contributed by atoms with Crippen LogP contribution >= 0.6 is 0 Å². The Bertz CT molecular complexity index is 119. The van der Waals surface area contributed by atoms with Gasteiger partial charge in [0, 0.05) is 6.61 Å². The first-order valence-electron chi connectivity index (χ1n) is 5.22. The third-order valence-corrected chi connectivity index (χ3v) is 2.61. The van der Waals surface area contributed by atoms with Crippen molar-refractivity contribution in [2.45, 2.75) is 51.7 Å². The summed E-state index contributed by atoms with van der Waals surface area (Å²) >= 11 is 0. The molecule has 0 saturated carbocycles. The molecule has 0 aromatic rings. The third kappa shape index (κ3) is 2.46. The van der Waals surface area contributed by atoms with Crippen molar-refractivity contribution in [2.75, 3.05) is 13.2 Å². The topological polar surface area (TPSA) is 21.3 Å². The predicted molar refractivity (Wildman–Crippen MR) is 51.1 cm³/mol. The molecule has 1 fully saturated rings. The Morgan fingerprint density at radius 3 is 2.67 bits per heavy atom. The van der Waals surface area contributed by atoms with Gasteiger partial charge in [-0.05, 0) is 38.6 Å². The van der Waals surface area contributed by atoms with Crippen molar-refractivity contribution in [1.29, 1.82) is 0 Å². The quantitative estimate of drug-likeness (QED) is 0.700. The third-order valence-electron chi connectivity index (χ3n) is 2.61. The van der Waals surface area contributed by atoms with E-state index < -0.39 is 0 Å². The summed E-state index contributed by atoms with van der Waals surface area (Å²) < 4.78 is 5.86. The molecule has 0 amide bonds. The van der Waals surface area contributed by atoms with Crippen LogP contribution in [0, 0.1) is 0 Å². The summed E-state index contributed by atoms with van der Waals surface area (Å²) in [6.07, 6.45) is 6.00. The maximum absolute atomic E-state index is 5.86. The molecule has 0 aromatic carbocycles. The first-order chi connectivity index (χ1) is 5.83. The molecule has 0 aromatic heterocycles. The molecule has 1 heterocycles. The summed E-state index contributed by atoms with van der Waals surface area (Å²) in [5.41, 5.74) is 0.0221. The number of hydrogen-bond acceptors (Lipinski definition) is 2.